The molecule has 2 N–H and O–H groups in total. The standard InChI is InChI=1S/C13H17N3O2S/c1-6-7(2)10(17)8(3)11-9(6)14-12(19-11)15-13(18)16(4)5/h17H,1-5H3,(H,14,15,18). The van der Waals surface area contributed by atoms with Gasteiger partial charge >= 0.3 is 6.03 Å². The number of hydrogen-bond donors (Lipinski definition) is 2. The number of benzene rings is 1. The number of carbonyl (C=O) groups is 1. The third-order valence-electron chi connectivity index (χ3n) is 3.22. The summed E-state index contributed by atoms with van der Waals surface area (Å²) >= 11 is 1.38. The second-order valence-corrected chi connectivity index (χ2v) is 5.74. The highest BCUT2D eigenvalue weighted by molar-refractivity contribution is 7.22. The fourth-order valence-electron chi connectivity index (χ4n) is 1.83. The second kappa shape index (κ2) is 4.70. The van der Waals surface area contributed by atoms with Gasteiger partial charge in [0.15, 0.2) is 5.13 Å². The van der Waals surface area contributed by atoms with Crippen LogP contribution in [0.3, 0.4) is 0 Å². The average molecular weight is 279 g/mol. The maximum Gasteiger partial charge on any atom is 0.323 e. The van der Waals surface area contributed by atoms with E-state index in [0.717, 1.165) is 26.9 Å². The lowest BCUT2D eigenvalue weighted by molar-refractivity contribution is 0.230. The van der Waals surface area contributed by atoms with E-state index in [4.69, 9.17) is 0 Å². The molecule has 1 aromatic heterocycles. The summed E-state index contributed by atoms with van der Waals surface area (Å²) in [5.74, 6) is 0.305. The van der Waals surface area contributed by atoms with Crippen LogP contribution in [0.4, 0.5) is 9.93 Å². The molecule has 2 amide bonds. The number of nitrogens with zero attached hydrogens (tertiary/aromatic N) is 2. The molecule has 0 spiro atoms. The summed E-state index contributed by atoms with van der Waals surface area (Å²) in [5, 5.41) is 13.3. The molecule has 0 aliphatic heterocycles. The minimum atomic E-state index is -0.213. The van der Waals surface area contributed by atoms with Crippen LogP contribution in [0.15, 0.2) is 0 Å². The van der Waals surface area contributed by atoms with E-state index in [0.29, 0.717) is 10.9 Å². The van der Waals surface area contributed by atoms with Crippen LogP contribution < -0.4 is 5.32 Å². The third kappa shape index (κ3) is 2.23. The zero-order chi connectivity index (χ0) is 14.3. The average Bonchev–Trinajstić information content (AvgIpc) is 2.77. The molecule has 1 heterocycles. The van der Waals surface area contributed by atoms with Gasteiger partial charge in [-0.25, -0.2) is 9.78 Å². The van der Waals surface area contributed by atoms with Crippen LogP contribution >= 0.6 is 11.3 Å². The molecule has 0 atom stereocenters. The van der Waals surface area contributed by atoms with E-state index < -0.39 is 0 Å². The van der Waals surface area contributed by atoms with Crippen LogP contribution in [0.5, 0.6) is 5.75 Å². The smallest absolute Gasteiger partial charge is 0.323 e. The van der Waals surface area contributed by atoms with Crippen LogP contribution in [-0.2, 0) is 0 Å². The summed E-state index contributed by atoms with van der Waals surface area (Å²) in [4.78, 5) is 17.5. The minimum Gasteiger partial charge on any atom is -0.507 e. The van der Waals surface area contributed by atoms with Crippen molar-refractivity contribution in [1.82, 2.24) is 9.88 Å². The van der Waals surface area contributed by atoms with Gasteiger partial charge < -0.3 is 10.0 Å². The Labute approximate surface area is 115 Å². The quantitative estimate of drug-likeness (QED) is 0.843. The molecule has 5 nitrogen and oxygen atoms in total. The van der Waals surface area contributed by atoms with Gasteiger partial charge in [-0.1, -0.05) is 11.3 Å². The van der Waals surface area contributed by atoms with Gasteiger partial charge in [0.2, 0.25) is 0 Å². The Morgan fingerprint density at radius 1 is 1.21 bits per heavy atom. The fourth-order valence-corrected chi connectivity index (χ4v) is 2.84. The zero-order valence-electron chi connectivity index (χ0n) is 11.7. The predicted octanol–water partition coefficient (Wildman–Crippen LogP) is 3.02. The van der Waals surface area contributed by atoms with Crippen LogP contribution in [0.1, 0.15) is 16.7 Å². The first-order chi connectivity index (χ1) is 8.82. The van der Waals surface area contributed by atoms with E-state index in [9.17, 15) is 9.90 Å². The van der Waals surface area contributed by atoms with E-state index in [2.05, 4.69) is 10.3 Å². The lowest BCUT2D eigenvalue weighted by Gasteiger charge is -2.09. The van der Waals surface area contributed by atoms with Crippen molar-refractivity contribution in [1.29, 1.82) is 0 Å². The zero-order valence-corrected chi connectivity index (χ0v) is 12.5. The van der Waals surface area contributed by atoms with Crippen molar-refractivity contribution in [2.24, 2.45) is 0 Å². The summed E-state index contributed by atoms with van der Waals surface area (Å²) in [6, 6.07) is -0.213. The molecule has 0 aliphatic rings. The molecule has 0 fully saturated rings. The number of carbonyl (C=O) groups excluding carboxylic acids is 1. The van der Waals surface area contributed by atoms with E-state index >= 15 is 0 Å². The van der Waals surface area contributed by atoms with Gasteiger partial charge in [-0.3, -0.25) is 5.32 Å². The molecule has 0 aliphatic carbocycles. The Balaban J connectivity index is 2.55. The Morgan fingerprint density at radius 2 is 1.84 bits per heavy atom. The monoisotopic (exact) mass is 279 g/mol. The topological polar surface area (TPSA) is 65.5 Å². The van der Waals surface area contributed by atoms with Crippen molar-refractivity contribution in [2.75, 3.05) is 19.4 Å². The summed E-state index contributed by atoms with van der Waals surface area (Å²) in [5.41, 5.74) is 3.42. The number of aryl methyl sites for hydroxylation is 2. The number of amides is 2. The van der Waals surface area contributed by atoms with Crippen LogP contribution in [0.25, 0.3) is 10.2 Å². The summed E-state index contributed by atoms with van der Waals surface area (Å²) in [6.45, 7) is 5.66. The van der Waals surface area contributed by atoms with Crippen molar-refractivity contribution in [3.05, 3.63) is 16.7 Å². The number of nitrogens with one attached hydrogen (secondary N) is 1. The Bertz CT molecular complexity index is 617. The highest BCUT2D eigenvalue weighted by Gasteiger charge is 2.16. The summed E-state index contributed by atoms with van der Waals surface area (Å²) in [7, 11) is 3.35. The van der Waals surface area contributed by atoms with Gasteiger partial charge in [-0.05, 0) is 31.9 Å². The Hall–Kier alpha value is -1.82. The number of thiazole rings is 1. The number of hydrogen-bond acceptors (Lipinski definition) is 4. The minimum absolute atomic E-state index is 0.213. The molecule has 0 unspecified atom stereocenters. The molecule has 6 heteroatoms. The molecule has 0 saturated carbocycles. The number of phenolic OH excluding ortho intramolecular Hbond substituents is 1. The van der Waals surface area contributed by atoms with Crippen molar-refractivity contribution < 1.29 is 9.90 Å². The van der Waals surface area contributed by atoms with Gasteiger partial charge in [-0.2, -0.15) is 0 Å². The lowest BCUT2D eigenvalue weighted by Crippen LogP contribution is -2.27. The summed E-state index contributed by atoms with van der Waals surface area (Å²) in [6.07, 6.45) is 0. The number of aromatic nitrogens is 1. The van der Waals surface area contributed by atoms with Crippen molar-refractivity contribution in [3.8, 4) is 5.75 Å². The number of rotatable bonds is 1. The van der Waals surface area contributed by atoms with Gasteiger partial charge in [-0.15, -0.1) is 0 Å². The molecule has 0 radical (unpaired) electrons. The van der Waals surface area contributed by atoms with Gasteiger partial charge in [0, 0.05) is 19.7 Å². The fraction of sp³-hybridized carbons (Fsp3) is 0.385. The molecule has 1 aromatic carbocycles. The molecule has 19 heavy (non-hydrogen) atoms. The van der Waals surface area contributed by atoms with Gasteiger partial charge in [0.25, 0.3) is 0 Å². The molecule has 0 saturated heterocycles. The van der Waals surface area contributed by atoms with Gasteiger partial charge in [0.1, 0.15) is 5.75 Å². The van der Waals surface area contributed by atoms with Crippen molar-refractivity contribution in [3.63, 3.8) is 0 Å². The van der Waals surface area contributed by atoms with E-state index in [1.165, 1.54) is 16.2 Å². The molecular weight excluding hydrogens is 262 g/mol. The lowest BCUT2D eigenvalue weighted by atomic mass is 10.0. The van der Waals surface area contributed by atoms with Crippen LogP contribution in [0.2, 0.25) is 0 Å². The number of aromatic hydroxyl groups is 1. The highest BCUT2D eigenvalue weighted by atomic mass is 32.1. The first-order valence-corrected chi connectivity index (χ1v) is 6.72. The molecule has 2 aromatic rings. The van der Waals surface area contributed by atoms with E-state index in [1.807, 2.05) is 20.8 Å². The normalized spacial score (nSPS) is 10.8. The predicted molar refractivity (Wildman–Crippen MR) is 78.2 cm³/mol. The van der Waals surface area contributed by atoms with Crippen LogP contribution in [-0.4, -0.2) is 35.1 Å². The Kier molecular flexibility index (Phi) is 3.36. The molecule has 0 bridgehead atoms. The maximum absolute atomic E-state index is 11.6. The number of phenols is 1. The third-order valence-corrected chi connectivity index (χ3v) is 4.31. The van der Waals surface area contributed by atoms with Crippen molar-refractivity contribution >= 4 is 32.7 Å². The van der Waals surface area contributed by atoms with Crippen LogP contribution in [0, 0.1) is 20.8 Å². The van der Waals surface area contributed by atoms with Gasteiger partial charge in [0.05, 0.1) is 10.2 Å². The Morgan fingerprint density at radius 3 is 2.42 bits per heavy atom. The first-order valence-electron chi connectivity index (χ1n) is 5.90. The summed E-state index contributed by atoms with van der Waals surface area (Å²) < 4.78 is 0.912. The molecule has 102 valence electrons. The number of anilines is 1. The number of urea groups is 1. The first kappa shape index (κ1) is 13.6. The van der Waals surface area contributed by atoms with Crippen molar-refractivity contribution in [2.45, 2.75) is 20.8 Å². The molecule has 2 rings (SSSR count). The second-order valence-electron chi connectivity index (χ2n) is 4.74. The number of fused-ring (bicyclic) bond motifs is 1. The van der Waals surface area contributed by atoms with E-state index in [-0.39, 0.29) is 6.03 Å². The largest absolute Gasteiger partial charge is 0.507 e. The highest BCUT2D eigenvalue weighted by Crippen LogP contribution is 2.38. The SMILES string of the molecule is Cc1c(O)c(C)c2sc(NC(=O)N(C)C)nc2c1C. The van der Waals surface area contributed by atoms with E-state index in [1.54, 1.807) is 14.1 Å². The molecular formula is C13H17N3O2S. The maximum atomic E-state index is 11.6.